The van der Waals surface area contributed by atoms with Gasteiger partial charge in [0.25, 0.3) is 5.91 Å². The highest BCUT2D eigenvalue weighted by atomic mass is 32.1. The van der Waals surface area contributed by atoms with Crippen LogP contribution in [0.25, 0.3) is 10.2 Å². The third kappa shape index (κ3) is 4.53. The Morgan fingerprint density at radius 3 is 2.65 bits per heavy atom. The van der Waals surface area contributed by atoms with Crippen LogP contribution in [0, 0.1) is 5.82 Å². The molecule has 5 nitrogen and oxygen atoms in total. The number of thiazole rings is 1. The van der Waals surface area contributed by atoms with Gasteiger partial charge in [0.1, 0.15) is 11.6 Å². The van der Waals surface area contributed by atoms with Gasteiger partial charge in [-0.25, -0.2) is 9.37 Å². The predicted octanol–water partition coefficient (Wildman–Crippen LogP) is 4.35. The summed E-state index contributed by atoms with van der Waals surface area (Å²) in [5, 5.41) is 6.05. The van der Waals surface area contributed by atoms with Crippen LogP contribution in [-0.4, -0.2) is 22.1 Å². The van der Waals surface area contributed by atoms with Crippen LogP contribution in [0.1, 0.15) is 24.2 Å². The SMILES string of the molecule is CC(C)Oc1ccc(C(=O)NC(=S)Nc2nc3ccc(F)cc3s2)cc1. The number of amides is 1. The van der Waals surface area contributed by atoms with E-state index < -0.39 is 0 Å². The number of halogens is 1. The van der Waals surface area contributed by atoms with Crippen molar-refractivity contribution in [2.45, 2.75) is 20.0 Å². The molecule has 0 spiro atoms. The van der Waals surface area contributed by atoms with Crippen molar-refractivity contribution in [1.82, 2.24) is 10.3 Å². The Kier molecular flexibility index (Phi) is 5.43. The summed E-state index contributed by atoms with van der Waals surface area (Å²) in [5.41, 5.74) is 1.12. The molecule has 0 aliphatic rings. The Morgan fingerprint density at radius 1 is 1.23 bits per heavy atom. The first-order valence-electron chi connectivity index (χ1n) is 7.86. The first-order chi connectivity index (χ1) is 12.4. The van der Waals surface area contributed by atoms with E-state index in [4.69, 9.17) is 17.0 Å². The van der Waals surface area contributed by atoms with Gasteiger partial charge in [-0.2, -0.15) is 0 Å². The molecular formula is C18H16FN3O2S2. The molecular weight excluding hydrogens is 373 g/mol. The number of anilines is 1. The Bertz CT molecular complexity index is 955. The average molecular weight is 389 g/mol. The molecule has 134 valence electrons. The van der Waals surface area contributed by atoms with E-state index in [9.17, 15) is 9.18 Å². The molecule has 2 aromatic carbocycles. The topological polar surface area (TPSA) is 63.2 Å². The standard InChI is InChI=1S/C18H16FN3O2S2/c1-10(2)24-13-6-3-11(4-7-13)16(23)21-17(25)22-18-20-14-8-5-12(19)9-15(14)26-18/h3-10H,1-2H3,(H2,20,21,22,23,25). The van der Waals surface area contributed by atoms with Gasteiger partial charge in [0.15, 0.2) is 10.2 Å². The quantitative estimate of drug-likeness (QED) is 0.650. The van der Waals surface area contributed by atoms with Gasteiger partial charge in [-0.3, -0.25) is 10.1 Å². The summed E-state index contributed by atoms with van der Waals surface area (Å²) in [4.78, 5) is 16.5. The first kappa shape index (κ1) is 18.2. The van der Waals surface area contributed by atoms with E-state index >= 15 is 0 Å². The van der Waals surface area contributed by atoms with Gasteiger partial charge >= 0.3 is 0 Å². The second-order valence-electron chi connectivity index (χ2n) is 5.73. The van der Waals surface area contributed by atoms with Gasteiger partial charge in [-0.15, -0.1) is 0 Å². The molecule has 1 aromatic heterocycles. The maximum Gasteiger partial charge on any atom is 0.257 e. The van der Waals surface area contributed by atoms with Crippen molar-refractivity contribution >= 4 is 49.9 Å². The fourth-order valence-corrected chi connectivity index (χ4v) is 3.36. The van der Waals surface area contributed by atoms with Gasteiger partial charge in [0, 0.05) is 5.56 Å². The minimum Gasteiger partial charge on any atom is -0.491 e. The number of carbonyl (C=O) groups is 1. The normalized spacial score (nSPS) is 10.8. The van der Waals surface area contributed by atoms with Crippen LogP contribution in [0.2, 0.25) is 0 Å². The Labute approximate surface area is 159 Å². The van der Waals surface area contributed by atoms with Crippen molar-refractivity contribution in [1.29, 1.82) is 0 Å². The number of benzene rings is 2. The Morgan fingerprint density at radius 2 is 1.96 bits per heavy atom. The lowest BCUT2D eigenvalue weighted by Crippen LogP contribution is -2.34. The Hall–Kier alpha value is -2.58. The van der Waals surface area contributed by atoms with Crippen LogP contribution < -0.4 is 15.4 Å². The maximum absolute atomic E-state index is 13.2. The fraction of sp³-hybridized carbons (Fsp3) is 0.167. The molecule has 0 saturated carbocycles. The highest BCUT2D eigenvalue weighted by molar-refractivity contribution is 7.80. The van der Waals surface area contributed by atoms with Crippen molar-refractivity contribution in [3.05, 3.63) is 53.8 Å². The predicted molar refractivity (Wildman–Crippen MR) is 105 cm³/mol. The minimum absolute atomic E-state index is 0.0636. The van der Waals surface area contributed by atoms with E-state index in [1.807, 2.05) is 13.8 Å². The van der Waals surface area contributed by atoms with Crippen LogP contribution in [0.15, 0.2) is 42.5 Å². The molecule has 3 rings (SSSR count). The van der Waals surface area contributed by atoms with Crippen molar-refractivity contribution < 1.29 is 13.9 Å². The van der Waals surface area contributed by atoms with Gasteiger partial charge in [0.05, 0.1) is 16.3 Å². The first-order valence-corrected chi connectivity index (χ1v) is 9.08. The molecule has 26 heavy (non-hydrogen) atoms. The smallest absolute Gasteiger partial charge is 0.257 e. The number of nitrogens with one attached hydrogen (secondary N) is 2. The molecule has 8 heteroatoms. The lowest BCUT2D eigenvalue weighted by Gasteiger charge is -2.10. The van der Waals surface area contributed by atoms with Crippen molar-refractivity contribution in [3.63, 3.8) is 0 Å². The highest BCUT2D eigenvalue weighted by Crippen LogP contribution is 2.26. The molecule has 0 radical (unpaired) electrons. The summed E-state index contributed by atoms with van der Waals surface area (Å²) in [5.74, 6) is 0.0261. The van der Waals surface area contributed by atoms with Crippen molar-refractivity contribution in [2.75, 3.05) is 5.32 Å². The third-order valence-corrected chi connectivity index (χ3v) is 4.42. The summed E-state index contributed by atoms with van der Waals surface area (Å²) in [6.07, 6.45) is 0.0636. The number of hydrogen-bond acceptors (Lipinski definition) is 5. The molecule has 1 amide bonds. The lowest BCUT2D eigenvalue weighted by atomic mass is 10.2. The molecule has 2 N–H and O–H groups in total. The number of thiocarbonyl (C=S) groups is 1. The van der Waals surface area contributed by atoms with Crippen molar-refractivity contribution in [3.8, 4) is 5.75 Å². The van der Waals surface area contributed by atoms with E-state index in [1.54, 1.807) is 30.3 Å². The van der Waals surface area contributed by atoms with E-state index in [1.165, 1.54) is 23.5 Å². The zero-order chi connectivity index (χ0) is 18.7. The largest absolute Gasteiger partial charge is 0.491 e. The summed E-state index contributed by atoms with van der Waals surface area (Å²) in [7, 11) is 0. The van der Waals surface area contributed by atoms with Gasteiger partial charge < -0.3 is 10.1 Å². The van der Waals surface area contributed by atoms with E-state index in [0.717, 1.165) is 0 Å². The lowest BCUT2D eigenvalue weighted by molar-refractivity contribution is 0.0977. The van der Waals surface area contributed by atoms with Crippen LogP contribution in [0.4, 0.5) is 9.52 Å². The van der Waals surface area contributed by atoms with E-state index in [2.05, 4.69) is 15.6 Å². The maximum atomic E-state index is 13.2. The fourth-order valence-electron chi connectivity index (χ4n) is 2.21. The number of carbonyl (C=O) groups excluding carboxylic acids is 1. The number of rotatable bonds is 4. The van der Waals surface area contributed by atoms with Crippen LogP contribution in [0.3, 0.4) is 0 Å². The van der Waals surface area contributed by atoms with E-state index in [-0.39, 0.29) is 22.9 Å². The summed E-state index contributed by atoms with van der Waals surface area (Å²) in [6.45, 7) is 3.86. The van der Waals surface area contributed by atoms with E-state index in [0.29, 0.717) is 26.7 Å². The van der Waals surface area contributed by atoms with Crippen LogP contribution >= 0.6 is 23.6 Å². The van der Waals surface area contributed by atoms with Gasteiger partial charge in [0.2, 0.25) is 0 Å². The van der Waals surface area contributed by atoms with Crippen molar-refractivity contribution in [2.24, 2.45) is 0 Å². The summed E-state index contributed by atoms with van der Waals surface area (Å²) in [6, 6.07) is 11.1. The third-order valence-electron chi connectivity index (χ3n) is 3.29. The molecule has 0 unspecified atom stereocenters. The number of ether oxygens (including phenoxy) is 1. The average Bonchev–Trinajstić information content (AvgIpc) is 2.95. The number of hydrogen-bond donors (Lipinski definition) is 2. The van der Waals surface area contributed by atoms with Gasteiger partial charge in [-0.1, -0.05) is 11.3 Å². The zero-order valence-corrected chi connectivity index (χ0v) is 15.7. The van der Waals surface area contributed by atoms with Gasteiger partial charge in [-0.05, 0) is 68.5 Å². The minimum atomic E-state index is -0.342. The molecule has 0 fully saturated rings. The van der Waals surface area contributed by atoms with Crippen LogP contribution in [0.5, 0.6) is 5.75 Å². The van der Waals surface area contributed by atoms with Crippen LogP contribution in [-0.2, 0) is 0 Å². The molecule has 3 aromatic rings. The number of fused-ring (bicyclic) bond motifs is 1. The zero-order valence-electron chi connectivity index (χ0n) is 14.1. The number of nitrogens with zero attached hydrogens (tertiary/aromatic N) is 1. The summed E-state index contributed by atoms with van der Waals surface area (Å²) >= 11 is 6.40. The molecule has 0 aliphatic heterocycles. The molecule has 0 bridgehead atoms. The molecule has 0 saturated heterocycles. The molecule has 0 atom stereocenters. The molecule has 1 heterocycles. The summed E-state index contributed by atoms with van der Waals surface area (Å²) < 4.78 is 19.5. The second kappa shape index (κ2) is 7.76. The monoisotopic (exact) mass is 389 g/mol. The second-order valence-corrected chi connectivity index (χ2v) is 7.17. The number of aromatic nitrogens is 1. The molecule has 0 aliphatic carbocycles. The Balaban J connectivity index is 1.62. The highest BCUT2D eigenvalue weighted by Gasteiger charge is 2.11.